The largest absolute Gasteiger partial charge is 0.461 e. The topological polar surface area (TPSA) is 99.0 Å². The van der Waals surface area contributed by atoms with Gasteiger partial charge in [0.15, 0.2) is 5.65 Å². The van der Waals surface area contributed by atoms with Crippen LogP contribution in [-0.2, 0) is 11.3 Å². The number of nitrogens with zero attached hydrogens (tertiary/aromatic N) is 4. The lowest BCUT2D eigenvalue weighted by Crippen LogP contribution is -2.30. The fourth-order valence-electron chi connectivity index (χ4n) is 2.12. The van der Waals surface area contributed by atoms with Gasteiger partial charge < -0.3 is 10.1 Å². The molecule has 118 valence electrons. The van der Waals surface area contributed by atoms with Crippen molar-refractivity contribution in [1.82, 2.24) is 19.5 Å². The summed E-state index contributed by atoms with van der Waals surface area (Å²) >= 11 is 0. The summed E-state index contributed by atoms with van der Waals surface area (Å²) in [6.07, 6.45) is 0. The number of fused-ring (bicyclic) bond motifs is 1. The number of rotatable bonds is 5. The maximum Gasteiger partial charge on any atom is 0.362 e. The third kappa shape index (κ3) is 2.76. The monoisotopic (exact) mass is 305 g/mol. The number of esters is 1. The van der Waals surface area contributed by atoms with Gasteiger partial charge in [0.1, 0.15) is 5.52 Å². The number of aryl methyl sites for hydroxylation is 2. The van der Waals surface area contributed by atoms with Crippen LogP contribution in [0.1, 0.15) is 37.0 Å². The number of carbonyl (C=O) groups is 1. The van der Waals surface area contributed by atoms with Crippen molar-refractivity contribution in [1.29, 1.82) is 0 Å². The van der Waals surface area contributed by atoms with Gasteiger partial charge in [0, 0.05) is 13.1 Å². The van der Waals surface area contributed by atoms with Crippen molar-refractivity contribution in [2.45, 2.75) is 34.2 Å². The summed E-state index contributed by atoms with van der Waals surface area (Å²) < 4.78 is 6.30. The summed E-state index contributed by atoms with van der Waals surface area (Å²) in [6, 6.07) is 0. The molecule has 0 saturated carbocycles. The van der Waals surface area contributed by atoms with Crippen molar-refractivity contribution in [3.05, 3.63) is 21.7 Å². The van der Waals surface area contributed by atoms with Crippen LogP contribution in [0.25, 0.3) is 11.2 Å². The van der Waals surface area contributed by atoms with Gasteiger partial charge >= 0.3 is 5.97 Å². The third-order valence-electron chi connectivity index (χ3n) is 3.09. The molecule has 2 aromatic rings. The standard InChI is InChI=1S/C14H19N5O3/c1-5-15-14-16-8(4)9-11(18-14)19(6-2)12(20)10(17-9)13(21)22-7-3/h5-7H2,1-4H3,(H,15,16,18). The van der Waals surface area contributed by atoms with E-state index < -0.39 is 11.5 Å². The van der Waals surface area contributed by atoms with Crippen LogP contribution in [0.2, 0.25) is 0 Å². The van der Waals surface area contributed by atoms with E-state index in [1.165, 1.54) is 4.57 Å². The van der Waals surface area contributed by atoms with Crippen LogP contribution in [0.5, 0.6) is 0 Å². The van der Waals surface area contributed by atoms with Gasteiger partial charge in [0.05, 0.1) is 12.3 Å². The Morgan fingerprint density at radius 3 is 2.55 bits per heavy atom. The molecule has 8 nitrogen and oxygen atoms in total. The maximum absolute atomic E-state index is 12.4. The highest BCUT2D eigenvalue weighted by molar-refractivity contribution is 5.89. The summed E-state index contributed by atoms with van der Waals surface area (Å²) in [5.41, 5.74) is 0.678. The van der Waals surface area contributed by atoms with Crippen LogP contribution in [-0.4, -0.2) is 38.6 Å². The molecule has 0 atom stereocenters. The van der Waals surface area contributed by atoms with Crippen LogP contribution in [0.15, 0.2) is 4.79 Å². The van der Waals surface area contributed by atoms with Gasteiger partial charge in [-0.25, -0.2) is 14.8 Å². The van der Waals surface area contributed by atoms with Crippen molar-refractivity contribution in [2.75, 3.05) is 18.5 Å². The molecule has 2 rings (SSSR count). The zero-order valence-electron chi connectivity index (χ0n) is 13.1. The maximum atomic E-state index is 12.4. The van der Waals surface area contributed by atoms with E-state index in [9.17, 15) is 9.59 Å². The third-order valence-corrected chi connectivity index (χ3v) is 3.09. The molecule has 2 aromatic heterocycles. The second-order valence-electron chi connectivity index (χ2n) is 4.57. The lowest BCUT2D eigenvalue weighted by Gasteiger charge is -2.12. The Labute approximate surface area is 127 Å². The van der Waals surface area contributed by atoms with Crippen LogP contribution in [0, 0.1) is 6.92 Å². The van der Waals surface area contributed by atoms with Gasteiger partial charge in [-0.15, -0.1) is 0 Å². The quantitative estimate of drug-likeness (QED) is 0.826. The number of aromatic nitrogens is 4. The molecule has 22 heavy (non-hydrogen) atoms. The van der Waals surface area contributed by atoms with Gasteiger partial charge in [-0.1, -0.05) is 0 Å². The van der Waals surface area contributed by atoms with Crippen molar-refractivity contribution in [3.8, 4) is 0 Å². The second kappa shape index (κ2) is 6.50. The van der Waals surface area contributed by atoms with Gasteiger partial charge in [-0.3, -0.25) is 9.36 Å². The average molecular weight is 305 g/mol. The summed E-state index contributed by atoms with van der Waals surface area (Å²) in [7, 11) is 0. The van der Waals surface area contributed by atoms with Crippen LogP contribution >= 0.6 is 0 Å². The number of hydrogen-bond donors (Lipinski definition) is 1. The van der Waals surface area contributed by atoms with E-state index in [1.54, 1.807) is 20.8 Å². The highest BCUT2D eigenvalue weighted by atomic mass is 16.5. The summed E-state index contributed by atoms with van der Waals surface area (Å²) in [5, 5.41) is 3.01. The predicted molar refractivity (Wildman–Crippen MR) is 82.1 cm³/mol. The summed E-state index contributed by atoms with van der Waals surface area (Å²) in [6.45, 7) is 8.38. The van der Waals surface area contributed by atoms with Crippen molar-refractivity contribution in [2.24, 2.45) is 0 Å². The summed E-state index contributed by atoms with van der Waals surface area (Å²) in [4.78, 5) is 37.1. The SMILES string of the molecule is CCNc1nc(C)c2nc(C(=O)OCC)c(=O)n(CC)c2n1. The van der Waals surface area contributed by atoms with Crippen molar-refractivity contribution >= 4 is 23.1 Å². The minimum Gasteiger partial charge on any atom is -0.461 e. The zero-order valence-corrected chi connectivity index (χ0v) is 13.1. The molecular weight excluding hydrogens is 286 g/mol. The van der Waals surface area contributed by atoms with Crippen LogP contribution in [0.4, 0.5) is 5.95 Å². The molecular formula is C14H19N5O3. The van der Waals surface area contributed by atoms with E-state index in [-0.39, 0.29) is 12.3 Å². The first-order valence-corrected chi connectivity index (χ1v) is 7.23. The smallest absolute Gasteiger partial charge is 0.362 e. The fraction of sp³-hybridized carbons (Fsp3) is 0.500. The number of hydrogen-bond acceptors (Lipinski definition) is 7. The van der Waals surface area contributed by atoms with Crippen molar-refractivity contribution in [3.63, 3.8) is 0 Å². The molecule has 0 spiro atoms. The fourth-order valence-corrected chi connectivity index (χ4v) is 2.12. The van der Waals surface area contributed by atoms with Gasteiger partial charge in [-0.2, -0.15) is 4.98 Å². The van der Waals surface area contributed by atoms with E-state index in [4.69, 9.17) is 4.74 Å². The normalized spacial score (nSPS) is 10.7. The molecule has 0 aliphatic carbocycles. The van der Waals surface area contributed by atoms with E-state index in [0.29, 0.717) is 35.9 Å². The first kappa shape index (κ1) is 15.9. The van der Waals surface area contributed by atoms with Gasteiger partial charge in [-0.05, 0) is 27.7 Å². The first-order chi connectivity index (χ1) is 10.5. The number of anilines is 1. The molecule has 0 bridgehead atoms. The Morgan fingerprint density at radius 1 is 1.23 bits per heavy atom. The Morgan fingerprint density at radius 2 is 1.95 bits per heavy atom. The first-order valence-electron chi connectivity index (χ1n) is 7.23. The van der Waals surface area contributed by atoms with Crippen molar-refractivity contribution < 1.29 is 9.53 Å². The zero-order chi connectivity index (χ0) is 16.3. The number of nitrogens with one attached hydrogen (secondary N) is 1. The van der Waals surface area contributed by atoms with E-state index in [2.05, 4.69) is 20.3 Å². The van der Waals surface area contributed by atoms with Gasteiger partial charge in [0.2, 0.25) is 11.6 Å². The minimum atomic E-state index is -0.730. The summed E-state index contributed by atoms with van der Waals surface area (Å²) in [5.74, 6) is -0.299. The number of ether oxygens (including phenoxy) is 1. The molecule has 0 fully saturated rings. The Balaban J connectivity index is 2.77. The highest BCUT2D eigenvalue weighted by Gasteiger charge is 2.20. The second-order valence-corrected chi connectivity index (χ2v) is 4.57. The molecule has 2 heterocycles. The minimum absolute atomic E-state index is 0.180. The molecule has 0 aliphatic rings. The Hall–Kier alpha value is -2.51. The molecule has 0 amide bonds. The molecule has 0 aromatic carbocycles. The molecule has 0 radical (unpaired) electrons. The Bertz CT molecular complexity index is 769. The molecule has 0 saturated heterocycles. The average Bonchev–Trinajstić information content (AvgIpc) is 2.47. The lowest BCUT2D eigenvalue weighted by molar-refractivity contribution is 0.0517. The van der Waals surface area contributed by atoms with Crippen LogP contribution in [0.3, 0.4) is 0 Å². The van der Waals surface area contributed by atoms with E-state index >= 15 is 0 Å². The van der Waals surface area contributed by atoms with E-state index in [0.717, 1.165) is 0 Å². The van der Waals surface area contributed by atoms with Gasteiger partial charge in [0.25, 0.3) is 5.56 Å². The highest BCUT2D eigenvalue weighted by Crippen LogP contribution is 2.14. The predicted octanol–water partition coefficient (Wildman–Crippen LogP) is 1.12. The molecule has 0 aliphatic heterocycles. The molecule has 1 N–H and O–H groups in total. The number of carbonyl (C=O) groups excluding carboxylic acids is 1. The van der Waals surface area contributed by atoms with Crippen LogP contribution < -0.4 is 10.9 Å². The molecule has 8 heteroatoms. The lowest BCUT2D eigenvalue weighted by atomic mass is 10.3. The van der Waals surface area contributed by atoms with E-state index in [1.807, 2.05) is 6.92 Å². The Kier molecular flexibility index (Phi) is 4.69. The molecule has 0 unspecified atom stereocenters.